The first-order chi connectivity index (χ1) is 13.5. The number of hydrogen-bond donors (Lipinski definition) is 2. The van der Waals surface area contributed by atoms with Crippen LogP contribution < -0.4 is 10.5 Å². The minimum atomic E-state index is -3.54. The van der Waals surface area contributed by atoms with Gasteiger partial charge < -0.3 is 5.73 Å². The van der Waals surface area contributed by atoms with E-state index in [1.165, 1.54) is 0 Å². The van der Waals surface area contributed by atoms with E-state index in [0.29, 0.717) is 18.0 Å². The highest BCUT2D eigenvalue weighted by Gasteiger charge is 2.28. The van der Waals surface area contributed by atoms with Crippen molar-refractivity contribution in [2.75, 3.05) is 18.8 Å². The van der Waals surface area contributed by atoms with Crippen molar-refractivity contribution in [3.05, 3.63) is 56.5 Å². The van der Waals surface area contributed by atoms with Crippen LogP contribution in [0.4, 0.5) is 5.69 Å². The van der Waals surface area contributed by atoms with Gasteiger partial charge in [-0.2, -0.15) is 0 Å². The van der Waals surface area contributed by atoms with Gasteiger partial charge in [0.25, 0.3) is 0 Å². The summed E-state index contributed by atoms with van der Waals surface area (Å²) in [5.41, 5.74) is 9.02. The van der Waals surface area contributed by atoms with Gasteiger partial charge in [-0.05, 0) is 63.2 Å². The fourth-order valence-electron chi connectivity index (χ4n) is 3.50. The largest absolute Gasteiger partial charge is 0.398 e. The third-order valence-corrected chi connectivity index (χ3v) is 7.85. The summed E-state index contributed by atoms with van der Waals surface area (Å²) in [5, 5.41) is 0. The zero-order chi connectivity index (χ0) is 21.4. The maximum Gasteiger partial charge on any atom is 0.240 e. The van der Waals surface area contributed by atoms with Gasteiger partial charge in [-0.25, -0.2) is 13.1 Å². The highest BCUT2D eigenvalue weighted by molar-refractivity contribution is 9.11. The molecule has 1 aliphatic heterocycles. The summed E-state index contributed by atoms with van der Waals surface area (Å²) in [4.78, 5) is 2.53. The summed E-state index contributed by atoms with van der Waals surface area (Å²) in [7, 11) is -3.54. The SMILES string of the molecule is CC(C)(C)c1ccc(S(=O)(=O)N[C@@H]2CCN(Cc3cc(Br)cc(Br)c3N)C2)cc1. The average molecular weight is 545 g/mol. The fourth-order valence-corrected chi connectivity index (χ4v) is 6.08. The number of likely N-dealkylation sites (tertiary alicyclic amines) is 1. The Morgan fingerprint density at radius 1 is 1.17 bits per heavy atom. The molecule has 0 spiro atoms. The van der Waals surface area contributed by atoms with E-state index in [0.717, 1.165) is 38.7 Å². The van der Waals surface area contributed by atoms with Crippen LogP contribution in [0.15, 0.2) is 50.2 Å². The molecule has 1 heterocycles. The smallest absolute Gasteiger partial charge is 0.240 e. The van der Waals surface area contributed by atoms with E-state index in [1.807, 2.05) is 24.3 Å². The highest BCUT2D eigenvalue weighted by Crippen LogP contribution is 2.30. The van der Waals surface area contributed by atoms with Crippen molar-refractivity contribution in [2.24, 2.45) is 0 Å². The van der Waals surface area contributed by atoms with Crippen LogP contribution in [0.5, 0.6) is 0 Å². The molecular weight excluding hydrogens is 518 g/mol. The van der Waals surface area contributed by atoms with Crippen molar-refractivity contribution in [2.45, 2.75) is 50.1 Å². The zero-order valence-corrected chi connectivity index (χ0v) is 20.9. The lowest BCUT2D eigenvalue weighted by atomic mass is 9.87. The summed E-state index contributed by atoms with van der Waals surface area (Å²) in [5.74, 6) is 0. The number of nitrogens with zero attached hydrogens (tertiary/aromatic N) is 1. The molecule has 1 fully saturated rings. The Bertz CT molecular complexity index is 986. The highest BCUT2D eigenvalue weighted by atomic mass is 79.9. The molecule has 2 aromatic carbocycles. The van der Waals surface area contributed by atoms with Crippen molar-refractivity contribution in [3.8, 4) is 0 Å². The van der Waals surface area contributed by atoms with Gasteiger partial charge in [-0.15, -0.1) is 0 Å². The van der Waals surface area contributed by atoms with Gasteiger partial charge in [-0.1, -0.05) is 48.8 Å². The second-order valence-corrected chi connectivity index (χ2v) is 12.1. The average Bonchev–Trinajstić information content (AvgIpc) is 3.05. The summed E-state index contributed by atoms with van der Waals surface area (Å²) in [6.45, 7) is 8.49. The lowest BCUT2D eigenvalue weighted by Crippen LogP contribution is -2.37. The Morgan fingerprint density at radius 3 is 2.45 bits per heavy atom. The molecule has 0 saturated carbocycles. The molecule has 2 aromatic rings. The van der Waals surface area contributed by atoms with Crippen molar-refractivity contribution in [3.63, 3.8) is 0 Å². The second-order valence-electron chi connectivity index (χ2n) is 8.58. The first kappa shape index (κ1) is 22.7. The van der Waals surface area contributed by atoms with E-state index in [4.69, 9.17) is 5.73 Å². The van der Waals surface area contributed by atoms with Crippen LogP contribution in [0.3, 0.4) is 0 Å². The van der Waals surface area contributed by atoms with E-state index < -0.39 is 10.0 Å². The Labute approximate surface area is 190 Å². The third kappa shape index (κ3) is 5.61. The monoisotopic (exact) mass is 543 g/mol. The normalized spacial score (nSPS) is 18.3. The lowest BCUT2D eigenvalue weighted by Gasteiger charge is -2.20. The van der Waals surface area contributed by atoms with Crippen LogP contribution in [0, 0.1) is 0 Å². The number of anilines is 1. The molecule has 0 radical (unpaired) electrons. The molecule has 0 aliphatic carbocycles. The van der Waals surface area contributed by atoms with Gasteiger partial charge in [0.2, 0.25) is 10.0 Å². The van der Waals surface area contributed by atoms with Crippen LogP contribution in [-0.4, -0.2) is 32.4 Å². The van der Waals surface area contributed by atoms with Crippen LogP contribution in [-0.2, 0) is 22.0 Å². The summed E-state index contributed by atoms with van der Waals surface area (Å²) < 4.78 is 30.3. The number of halogens is 2. The van der Waals surface area contributed by atoms with E-state index in [-0.39, 0.29) is 11.5 Å². The second kappa shape index (κ2) is 8.67. The van der Waals surface area contributed by atoms with Crippen LogP contribution >= 0.6 is 31.9 Å². The number of benzene rings is 2. The van der Waals surface area contributed by atoms with Gasteiger partial charge in [0, 0.05) is 34.6 Å². The van der Waals surface area contributed by atoms with Gasteiger partial charge in [0.05, 0.1) is 10.6 Å². The maximum atomic E-state index is 12.8. The van der Waals surface area contributed by atoms with E-state index in [2.05, 4.69) is 62.3 Å². The quantitative estimate of drug-likeness (QED) is 0.537. The Kier molecular flexibility index (Phi) is 6.80. The maximum absolute atomic E-state index is 12.8. The number of nitrogens with two attached hydrogens (primary N) is 1. The lowest BCUT2D eigenvalue weighted by molar-refractivity contribution is 0.325. The minimum absolute atomic E-state index is 0.00898. The summed E-state index contributed by atoms with van der Waals surface area (Å²) in [6, 6.07) is 11.0. The molecule has 29 heavy (non-hydrogen) atoms. The van der Waals surface area contributed by atoms with E-state index in [9.17, 15) is 8.42 Å². The topological polar surface area (TPSA) is 75.4 Å². The molecular formula is C21H27Br2N3O2S. The summed E-state index contributed by atoms with van der Waals surface area (Å²) >= 11 is 6.97. The van der Waals surface area contributed by atoms with Crippen molar-refractivity contribution in [1.82, 2.24) is 9.62 Å². The molecule has 1 atom stereocenters. The molecule has 0 aromatic heterocycles. The van der Waals surface area contributed by atoms with E-state index >= 15 is 0 Å². The molecule has 1 saturated heterocycles. The first-order valence-corrected chi connectivity index (χ1v) is 12.6. The molecule has 3 N–H and O–H groups in total. The first-order valence-electron chi connectivity index (χ1n) is 9.54. The Hall–Kier alpha value is -0.930. The molecule has 1 aliphatic rings. The molecule has 158 valence electrons. The Morgan fingerprint density at radius 2 is 1.83 bits per heavy atom. The van der Waals surface area contributed by atoms with Gasteiger partial charge >= 0.3 is 0 Å². The third-order valence-electron chi connectivity index (χ3n) is 5.20. The number of nitrogen functional groups attached to an aromatic ring is 1. The predicted molar refractivity (Wildman–Crippen MR) is 125 cm³/mol. The molecule has 0 bridgehead atoms. The van der Waals surface area contributed by atoms with Crippen LogP contribution in [0.25, 0.3) is 0 Å². The van der Waals surface area contributed by atoms with Crippen LogP contribution in [0.2, 0.25) is 0 Å². The number of nitrogens with one attached hydrogen (secondary N) is 1. The Balaban J connectivity index is 1.65. The number of sulfonamides is 1. The van der Waals surface area contributed by atoms with Crippen molar-refractivity contribution < 1.29 is 8.42 Å². The fraction of sp³-hybridized carbons (Fsp3) is 0.429. The minimum Gasteiger partial charge on any atom is -0.398 e. The molecule has 0 amide bonds. The van der Waals surface area contributed by atoms with Crippen molar-refractivity contribution >= 4 is 47.6 Å². The zero-order valence-electron chi connectivity index (χ0n) is 16.9. The molecule has 3 rings (SSSR count). The van der Waals surface area contributed by atoms with E-state index in [1.54, 1.807) is 12.1 Å². The molecule has 5 nitrogen and oxygen atoms in total. The number of rotatable bonds is 5. The standard InChI is InChI=1S/C21H27Br2N3O2S/c1-21(2,3)15-4-6-18(7-5-15)29(27,28)25-17-8-9-26(13-17)12-14-10-16(22)11-19(23)20(14)24/h4-7,10-11,17,25H,8-9,12-13,24H2,1-3H3/t17-/m1/s1. The van der Waals surface area contributed by atoms with Gasteiger partial charge in [0.1, 0.15) is 0 Å². The van der Waals surface area contributed by atoms with Gasteiger partial charge in [0.15, 0.2) is 0 Å². The predicted octanol–water partition coefficient (Wildman–Crippen LogP) is 4.64. The van der Waals surface area contributed by atoms with Gasteiger partial charge in [-0.3, -0.25) is 4.90 Å². The summed E-state index contributed by atoms with van der Waals surface area (Å²) in [6.07, 6.45) is 0.772. The van der Waals surface area contributed by atoms with Crippen molar-refractivity contribution in [1.29, 1.82) is 0 Å². The van der Waals surface area contributed by atoms with Crippen LogP contribution in [0.1, 0.15) is 38.3 Å². The molecule has 0 unspecified atom stereocenters. The molecule has 8 heteroatoms. The number of hydrogen-bond acceptors (Lipinski definition) is 4.